The van der Waals surface area contributed by atoms with E-state index in [0.717, 1.165) is 41.6 Å². The number of nitrogens with one attached hydrogen (secondary N) is 1. The first-order valence-corrected chi connectivity index (χ1v) is 12.5. The first kappa shape index (κ1) is 23.7. The number of nitrogens with two attached hydrogens (primary N) is 1. The number of aryl methyl sites for hydroxylation is 1. The number of aromatic nitrogens is 7. The van der Waals surface area contributed by atoms with Gasteiger partial charge in [-0.3, -0.25) is 9.48 Å². The fraction of sp³-hybridized carbons (Fsp3) is 0.259. The molecule has 1 aliphatic rings. The third-order valence-corrected chi connectivity index (χ3v) is 6.93. The normalized spacial score (nSPS) is 14.9. The molecule has 11 heteroatoms. The fourth-order valence-electron chi connectivity index (χ4n) is 5.12. The highest BCUT2D eigenvalue weighted by Gasteiger charge is 2.29. The Balaban J connectivity index is 1.36. The minimum atomic E-state index is -0.248. The van der Waals surface area contributed by atoms with Crippen LogP contribution < -0.4 is 11.1 Å². The van der Waals surface area contributed by atoms with Crippen molar-refractivity contribution in [3.05, 3.63) is 77.5 Å². The number of hydrogen-bond acceptors (Lipinski definition) is 8. The summed E-state index contributed by atoms with van der Waals surface area (Å²) in [5, 5.41) is 22.4. The Morgan fingerprint density at radius 1 is 1.18 bits per heavy atom. The summed E-state index contributed by atoms with van der Waals surface area (Å²) in [6.45, 7) is 2.44. The van der Waals surface area contributed by atoms with Gasteiger partial charge in [0.2, 0.25) is 0 Å². The van der Waals surface area contributed by atoms with Crippen LogP contribution in [0.15, 0.2) is 55.1 Å². The number of amides is 1. The van der Waals surface area contributed by atoms with Crippen molar-refractivity contribution in [2.24, 2.45) is 0 Å². The average Bonchev–Trinajstić information content (AvgIpc) is 3.52. The number of carbonyl (C=O) groups is 1. The van der Waals surface area contributed by atoms with Gasteiger partial charge in [0.25, 0.3) is 5.91 Å². The number of anilines is 2. The summed E-state index contributed by atoms with van der Waals surface area (Å²) in [6, 6.07) is 10.8. The van der Waals surface area contributed by atoms with Gasteiger partial charge in [0, 0.05) is 28.6 Å². The maximum Gasteiger partial charge on any atom is 0.256 e. The van der Waals surface area contributed by atoms with Gasteiger partial charge < -0.3 is 16.2 Å². The number of aliphatic hydroxyl groups is 1. The molecule has 0 saturated carbocycles. The number of nitrogen functional groups attached to an aromatic ring is 1. The topological polar surface area (TPSA) is 150 Å². The molecule has 0 unspecified atom stereocenters. The number of fused-ring (bicyclic) bond motifs is 2. The number of carbonyl (C=O) groups excluding carboxylic acids is 1. The Hall–Kier alpha value is -4.64. The third kappa shape index (κ3) is 4.16. The molecular formula is C27H27N9O2. The lowest BCUT2D eigenvalue weighted by Gasteiger charge is -2.23. The highest BCUT2D eigenvalue weighted by molar-refractivity contribution is 6.04. The zero-order valence-electron chi connectivity index (χ0n) is 20.9. The van der Waals surface area contributed by atoms with Gasteiger partial charge in [0.05, 0.1) is 30.8 Å². The largest absolute Gasteiger partial charge is 0.394 e. The second-order valence-electron chi connectivity index (χ2n) is 9.40. The lowest BCUT2D eigenvalue weighted by atomic mass is 9.93. The first-order chi connectivity index (χ1) is 18.5. The fourth-order valence-corrected chi connectivity index (χ4v) is 5.12. The minimum absolute atomic E-state index is 0.0346. The minimum Gasteiger partial charge on any atom is -0.394 e. The number of benzene rings is 1. The van der Waals surface area contributed by atoms with Gasteiger partial charge in [0.1, 0.15) is 23.7 Å². The van der Waals surface area contributed by atoms with Gasteiger partial charge in [-0.25, -0.2) is 19.6 Å². The predicted molar refractivity (Wildman–Crippen MR) is 142 cm³/mol. The van der Waals surface area contributed by atoms with E-state index in [1.807, 2.05) is 46.7 Å². The lowest BCUT2D eigenvalue weighted by molar-refractivity contribution is 0.102. The molecule has 1 atom stereocenters. The van der Waals surface area contributed by atoms with Crippen molar-refractivity contribution >= 4 is 28.6 Å². The lowest BCUT2D eigenvalue weighted by Crippen LogP contribution is -2.20. The first-order valence-electron chi connectivity index (χ1n) is 12.5. The van der Waals surface area contributed by atoms with Crippen LogP contribution in [0.25, 0.3) is 22.3 Å². The Morgan fingerprint density at radius 3 is 2.82 bits per heavy atom. The van der Waals surface area contributed by atoms with Crippen molar-refractivity contribution < 1.29 is 9.90 Å². The Morgan fingerprint density at radius 2 is 2.03 bits per heavy atom. The van der Waals surface area contributed by atoms with Crippen molar-refractivity contribution in [1.29, 1.82) is 0 Å². The van der Waals surface area contributed by atoms with E-state index < -0.39 is 0 Å². The Labute approximate surface area is 218 Å². The summed E-state index contributed by atoms with van der Waals surface area (Å²) in [7, 11) is 0. The molecule has 0 fully saturated rings. The molecule has 0 saturated heterocycles. The third-order valence-electron chi connectivity index (χ3n) is 6.93. The van der Waals surface area contributed by atoms with Crippen molar-refractivity contribution in [2.45, 2.75) is 38.8 Å². The highest BCUT2D eigenvalue weighted by Crippen LogP contribution is 2.38. The van der Waals surface area contributed by atoms with Crippen molar-refractivity contribution in [2.75, 3.05) is 17.7 Å². The number of aliphatic hydroxyl groups excluding tert-OH is 1. The molecule has 1 aromatic carbocycles. The van der Waals surface area contributed by atoms with E-state index in [9.17, 15) is 9.90 Å². The second-order valence-corrected chi connectivity index (χ2v) is 9.40. The Bertz CT molecular complexity index is 1640. The number of rotatable bonds is 6. The Kier molecular flexibility index (Phi) is 6.04. The van der Waals surface area contributed by atoms with Gasteiger partial charge in [0.15, 0.2) is 5.65 Å². The van der Waals surface area contributed by atoms with Crippen molar-refractivity contribution in [1.82, 2.24) is 34.5 Å². The standard InChI is InChI=1S/C27H27N9O2/c1-16-9-10-29-22(13-16)33-27(38)18-7-5-17(6-8-18)24-23-25(28)30-15-31-26(23)36(34-24)21-4-2-3-20-19(21)14-32-35(20)11-12-37/h5-10,13-15,21,37H,2-4,11-12H2,1H3,(H2,28,30,31)(H,29,33,38)/t21-/m0/s1. The van der Waals surface area contributed by atoms with Crippen LogP contribution in [0, 0.1) is 6.92 Å². The van der Waals surface area contributed by atoms with E-state index >= 15 is 0 Å². The smallest absolute Gasteiger partial charge is 0.256 e. The summed E-state index contributed by atoms with van der Waals surface area (Å²) in [6.07, 6.45) is 7.72. The molecule has 1 aliphatic carbocycles. The van der Waals surface area contributed by atoms with Gasteiger partial charge in [-0.2, -0.15) is 10.2 Å². The molecule has 38 heavy (non-hydrogen) atoms. The zero-order valence-corrected chi connectivity index (χ0v) is 20.9. The number of pyridine rings is 1. The van der Waals surface area contributed by atoms with Crippen LogP contribution >= 0.6 is 0 Å². The molecule has 11 nitrogen and oxygen atoms in total. The summed E-state index contributed by atoms with van der Waals surface area (Å²) in [4.78, 5) is 25.8. The molecule has 4 heterocycles. The van der Waals surface area contributed by atoms with E-state index in [-0.39, 0.29) is 18.6 Å². The molecular weight excluding hydrogens is 482 g/mol. The summed E-state index contributed by atoms with van der Waals surface area (Å²) < 4.78 is 3.78. The van der Waals surface area contributed by atoms with E-state index in [4.69, 9.17) is 10.8 Å². The van der Waals surface area contributed by atoms with Gasteiger partial charge in [-0.1, -0.05) is 12.1 Å². The monoisotopic (exact) mass is 509 g/mol. The van der Waals surface area contributed by atoms with Crippen LogP contribution in [0.1, 0.15) is 46.1 Å². The molecule has 0 radical (unpaired) electrons. The van der Waals surface area contributed by atoms with E-state index in [2.05, 4.69) is 25.4 Å². The van der Waals surface area contributed by atoms with Crippen LogP contribution in [0.2, 0.25) is 0 Å². The van der Waals surface area contributed by atoms with Crippen LogP contribution in [0.5, 0.6) is 0 Å². The van der Waals surface area contributed by atoms with Gasteiger partial charge in [-0.05, 0) is 56.0 Å². The maximum absolute atomic E-state index is 12.8. The van der Waals surface area contributed by atoms with Crippen LogP contribution in [0.4, 0.5) is 11.6 Å². The van der Waals surface area contributed by atoms with Crippen LogP contribution in [-0.4, -0.2) is 52.1 Å². The average molecular weight is 510 g/mol. The zero-order chi connectivity index (χ0) is 26.2. The summed E-state index contributed by atoms with van der Waals surface area (Å²) >= 11 is 0. The quantitative estimate of drug-likeness (QED) is 0.316. The van der Waals surface area contributed by atoms with Crippen molar-refractivity contribution in [3.63, 3.8) is 0 Å². The van der Waals surface area contributed by atoms with Gasteiger partial charge >= 0.3 is 0 Å². The van der Waals surface area contributed by atoms with Gasteiger partial charge in [-0.15, -0.1) is 0 Å². The predicted octanol–water partition coefficient (Wildman–Crippen LogP) is 3.15. The second kappa shape index (κ2) is 9.67. The van der Waals surface area contributed by atoms with Crippen molar-refractivity contribution in [3.8, 4) is 11.3 Å². The molecule has 4 N–H and O–H groups in total. The summed E-state index contributed by atoms with van der Waals surface area (Å²) in [5.74, 6) is 0.598. The van der Waals surface area contributed by atoms with Crippen LogP contribution in [-0.2, 0) is 13.0 Å². The van der Waals surface area contributed by atoms with E-state index in [1.165, 1.54) is 6.33 Å². The molecule has 0 aliphatic heterocycles. The highest BCUT2D eigenvalue weighted by atomic mass is 16.3. The molecule has 6 rings (SSSR count). The molecule has 4 aromatic heterocycles. The molecule has 5 aromatic rings. The summed E-state index contributed by atoms with van der Waals surface area (Å²) in [5.41, 5.74) is 12.1. The molecule has 0 spiro atoms. The van der Waals surface area contributed by atoms with E-state index in [0.29, 0.717) is 40.5 Å². The van der Waals surface area contributed by atoms with E-state index in [1.54, 1.807) is 18.3 Å². The maximum atomic E-state index is 12.8. The molecule has 1 amide bonds. The molecule has 0 bridgehead atoms. The van der Waals surface area contributed by atoms with Crippen LogP contribution in [0.3, 0.4) is 0 Å². The SMILES string of the molecule is Cc1ccnc(NC(=O)c2ccc(-c3nn([C@H]4CCCc5c4cnn5CCO)c4ncnc(N)c34)cc2)c1. The molecule has 192 valence electrons. The number of hydrogen-bond donors (Lipinski definition) is 3. The number of nitrogens with zero attached hydrogens (tertiary/aromatic N) is 7.